The maximum absolute atomic E-state index is 13.2. The summed E-state index contributed by atoms with van der Waals surface area (Å²) in [5.74, 6) is 0.0274. The van der Waals surface area contributed by atoms with Gasteiger partial charge in [-0.1, -0.05) is 11.6 Å². The van der Waals surface area contributed by atoms with Gasteiger partial charge in [0.1, 0.15) is 12.2 Å². The fraction of sp³-hybridized carbons (Fsp3) is 0.611. The highest BCUT2D eigenvalue weighted by Crippen LogP contribution is 2.45. The van der Waals surface area contributed by atoms with E-state index in [-0.39, 0.29) is 23.4 Å². The Hall–Kier alpha value is -2.00. The molecular weight excluding hydrogens is 390 g/mol. The third-order valence-electron chi connectivity index (χ3n) is 5.30. The van der Waals surface area contributed by atoms with E-state index in [4.69, 9.17) is 11.6 Å². The van der Waals surface area contributed by atoms with Crippen molar-refractivity contribution in [2.45, 2.75) is 38.3 Å². The number of alkyl halides is 2. The number of hydrogen-bond acceptors (Lipinski definition) is 4. The summed E-state index contributed by atoms with van der Waals surface area (Å²) >= 11 is 6.12. The van der Waals surface area contributed by atoms with Crippen LogP contribution in [-0.2, 0) is 24.9 Å². The fourth-order valence-corrected chi connectivity index (χ4v) is 4.05. The molecule has 2 aromatic heterocycles. The molecule has 152 valence electrons. The largest absolute Gasteiger partial charge is 0.339 e. The number of rotatable bonds is 6. The van der Waals surface area contributed by atoms with Crippen molar-refractivity contribution in [3.8, 4) is 0 Å². The third-order valence-corrected chi connectivity index (χ3v) is 5.69. The SMILES string of the molecule is Cn1cc(CN2CCN(C(=O)Cn3nc(C(F)F)c(Cl)c3C3CC3)CC2)cn1. The fourth-order valence-electron chi connectivity index (χ4n) is 3.67. The Balaban J connectivity index is 1.36. The Morgan fingerprint density at radius 3 is 2.57 bits per heavy atom. The zero-order valence-electron chi connectivity index (χ0n) is 15.7. The van der Waals surface area contributed by atoms with E-state index in [1.807, 2.05) is 19.4 Å². The van der Waals surface area contributed by atoms with Gasteiger partial charge in [0.05, 0.1) is 16.9 Å². The zero-order chi connectivity index (χ0) is 19.8. The monoisotopic (exact) mass is 412 g/mol. The lowest BCUT2D eigenvalue weighted by atomic mass is 10.2. The van der Waals surface area contributed by atoms with Gasteiger partial charge in [0.2, 0.25) is 5.91 Å². The normalized spacial score (nSPS) is 18.2. The highest BCUT2D eigenvalue weighted by molar-refractivity contribution is 6.32. The molecule has 0 unspecified atom stereocenters. The summed E-state index contributed by atoms with van der Waals surface area (Å²) in [6.07, 6.45) is 2.89. The molecule has 3 heterocycles. The summed E-state index contributed by atoms with van der Waals surface area (Å²) in [6, 6.07) is 0. The topological polar surface area (TPSA) is 59.2 Å². The van der Waals surface area contributed by atoms with Crippen molar-refractivity contribution < 1.29 is 13.6 Å². The van der Waals surface area contributed by atoms with Crippen molar-refractivity contribution in [1.82, 2.24) is 29.4 Å². The van der Waals surface area contributed by atoms with Crippen LogP contribution < -0.4 is 0 Å². The second-order valence-electron chi connectivity index (χ2n) is 7.50. The van der Waals surface area contributed by atoms with Crippen LogP contribution in [0.2, 0.25) is 5.02 Å². The minimum Gasteiger partial charge on any atom is -0.339 e. The molecule has 0 bridgehead atoms. The lowest BCUT2D eigenvalue weighted by Gasteiger charge is -2.34. The molecule has 4 rings (SSSR count). The molecule has 7 nitrogen and oxygen atoms in total. The minimum absolute atomic E-state index is 0.0200. The molecule has 0 N–H and O–H groups in total. The van der Waals surface area contributed by atoms with Crippen LogP contribution in [0.1, 0.15) is 42.1 Å². The van der Waals surface area contributed by atoms with Crippen LogP contribution in [0, 0.1) is 0 Å². The number of halogens is 3. The van der Waals surface area contributed by atoms with Gasteiger partial charge in [-0.25, -0.2) is 8.78 Å². The van der Waals surface area contributed by atoms with E-state index in [0.29, 0.717) is 18.8 Å². The van der Waals surface area contributed by atoms with Crippen LogP contribution in [0.4, 0.5) is 8.78 Å². The molecule has 1 aliphatic heterocycles. The molecule has 0 spiro atoms. The molecule has 1 saturated carbocycles. The Labute approximate surface area is 166 Å². The van der Waals surface area contributed by atoms with Crippen molar-refractivity contribution in [1.29, 1.82) is 0 Å². The van der Waals surface area contributed by atoms with E-state index in [1.165, 1.54) is 4.68 Å². The first-order valence-corrected chi connectivity index (χ1v) is 9.82. The van der Waals surface area contributed by atoms with Crippen LogP contribution in [0.15, 0.2) is 12.4 Å². The third kappa shape index (κ3) is 4.05. The second kappa shape index (κ2) is 7.79. The molecule has 2 aliphatic rings. The van der Waals surface area contributed by atoms with Gasteiger partial charge in [-0.2, -0.15) is 10.2 Å². The van der Waals surface area contributed by atoms with Crippen molar-refractivity contribution in [3.05, 3.63) is 34.4 Å². The smallest absolute Gasteiger partial charge is 0.283 e. The molecule has 0 aromatic carbocycles. The molecule has 28 heavy (non-hydrogen) atoms. The Morgan fingerprint density at radius 1 is 1.29 bits per heavy atom. The zero-order valence-corrected chi connectivity index (χ0v) is 16.4. The predicted molar refractivity (Wildman–Crippen MR) is 99.2 cm³/mol. The molecule has 0 atom stereocenters. The van der Waals surface area contributed by atoms with E-state index in [0.717, 1.165) is 38.0 Å². The summed E-state index contributed by atoms with van der Waals surface area (Å²) in [5, 5.41) is 8.14. The van der Waals surface area contributed by atoms with Gasteiger partial charge in [-0.05, 0) is 12.8 Å². The van der Waals surface area contributed by atoms with Crippen molar-refractivity contribution in [3.63, 3.8) is 0 Å². The molecular formula is C18H23ClF2N6O. The number of hydrogen-bond donors (Lipinski definition) is 0. The molecule has 1 aliphatic carbocycles. The van der Waals surface area contributed by atoms with Crippen molar-refractivity contribution >= 4 is 17.5 Å². The quantitative estimate of drug-likeness (QED) is 0.731. The van der Waals surface area contributed by atoms with Gasteiger partial charge in [-0.15, -0.1) is 0 Å². The standard InChI is InChI=1S/C18H23ClF2N6O/c1-24-9-12(8-22-24)10-25-4-6-26(7-5-25)14(28)11-27-17(13-2-3-13)15(19)16(23-27)18(20)21/h8-9,13,18H,2-7,10-11H2,1H3. The average Bonchev–Trinajstić information content (AvgIpc) is 3.32. The lowest BCUT2D eigenvalue weighted by Crippen LogP contribution is -2.49. The summed E-state index contributed by atoms with van der Waals surface area (Å²) < 4.78 is 29.5. The van der Waals surface area contributed by atoms with Gasteiger partial charge < -0.3 is 4.90 Å². The number of amides is 1. The highest BCUT2D eigenvalue weighted by atomic mass is 35.5. The molecule has 2 fully saturated rings. The number of carbonyl (C=O) groups is 1. The number of nitrogens with zero attached hydrogens (tertiary/aromatic N) is 6. The van der Waals surface area contributed by atoms with E-state index >= 15 is 0 Å². The van der Waals surface area contributed by atoms with E-state index in [2.05, 4.69) is 15.1 Å². The Bertz CT molecular complexity index is 854. The van der Waals surface area contributed by atoms with Crippen molar-refractivity contribution in [2.75, 3.05) is 26.2 Å². The van der Waals surface area contributed by atoms with Gasteiger partial charge in [-0.3, -0.25) is 19.1 Å². The second-order valence-corrected chi connectivity index (χ2v) is 7.87. The summed E-state index contributed by atoms with van der Waals surface area (Å²) in [6.45, 7) is 3.49. The van der Waals surface area contributed by atoms with Crippen LogP contribution in [0.3, 0.4) is 0 Å². The highest BCUT2D eigenvalue weighted by Gasteiger charge is 2.35. The van der Waals surface area contributed by atoms with Gasteiger partial charge in [0, 0.05) is 57.4 Å². The summed E-state index contributed by atoms with van der Waals surface area (Å²) in [4.78, 5) is 16.8. The first-order chi connectivity index (χ1) is 13.4. The van der Waals surface area contributed by atoms with E-state index in [1.54, 1.807) is 9.58 Å². The van der Waals surface area contributed by atoms with E-state index < -0.39 is 12.1 Å². The molecule has 0 radical (unpaired) electrons. The minimum atomic E-state index is -2.74. The lowest BCUT2D eigenvalue weighted by molar-refractivity contribution is -0.133. The van der Waals surface area contributed by atoms with Crippen molar-refractivity contribution in [2.24, 2.45) is 7.05 Å². The molecule has 1 amide bonds. The van der Waals surface area contributed by atoms with Gasteiger partial charge in [0.15, 0.2) is 0 Å². The first-order valence-electron chi connectivity index (χ1n) is 9.44. The van der Waals surface area contributed by atoms with Crippen LogP contribution in [0.5, 0.6) is 0 Å². The maximum atomic E-state index is 13.2. The number of aryl methyl sites for hydroxylation is 1. The Morgan fingerprint density at radius 2 is 2.00 bits per heavy atom. The average molecular weight is 413 g/mol. The van der Waals surface area contributed by atoms with Crippen LogP contribution in [-0.4, -0.2) is 61.4 Å². The predicted octanol–water partition coefficient (Wildman–Crippen LogP) is 2.43. The summed E-state index contributed by atoms with van der Waals surface area (Å²) in [7, 11) is 1.89. The van der Waals surface area contributed by atoms with Gasteiger partial charge >= 0.3 is 0 Å². The molecule has 1 saturated heterocycles. The van der Waals surface area contributed by atoms with Crippen LogP contribution >= 0.6 is 11.6 Å². The first kappa shape index (κ1) is 19.3. The maximum Gasteiger partial charge on any atom is 0.283 e. The van der Waals surface area contributed by atoms with Gasteiger partial charge in [0.25, 0.3) is 6.43 Å². The van der Waals surface area contributed by atoms with E-state index in [9.17, 15) is 13.6 Å². The number of aromatic nitrogens is 4. The number of carbonyl (C=O) groups excluding carboxylic acids is 1. The summed E-state index contributed by atoms with van der Waals surface area (Å²) in [5.41, 5.74) is 1.31. The Kier molecular flexibility index (Phi) is 5.37. The number of piperazine rings is 1. The van der Waals surface area contributed by atoms with Crippen LogP contribution in [0.25, 0.3) is 0 Å². The molecule has 10 heteroatoms. The molecule has 2 aromatic rings.